The summed E-state index contributed by atoms with van der Waals surface area (Å²) >= 11 is 2.64. The number of carbonyl (C=O) groups is 6. The van der Waals surface area contributed by atoms with E-state index >= 15 is 0 Å². The number of carbonyl (C=O) groups excluding carboxylic acids is 6. The van der Waals surface area contributed by atoms with E-state index in [1.807, 2.05) is 0 Å². The molecule has 0 saturated carbocycles. The number of hydrogen-bond donors (Lipinski definition) is 1. The lowest BCUT2D eigenvalue weighted by Crippen LogP contribution is -2.71. The third kappa shape index (κ3) is 5.91. The maximum atomic E-state index is 13.4. The van der Waals surface area contributed by atoms with Crippen LogP contribution in [0.25, 0.3) is 10.4 Å². The molecule has 1 aromatic rings. The summed E-state index contributed by atoms with van der Waals surface area (Å²) in [5.74, 6) is -3.58. The molecule has 8 atom stereocenters. The monoisotopic (exact) mass is 660 g/mol. The van der Waals surface area contributed by atoms with E-state index in [9.17, 15) is 28.8 Å². The number of azide groups is 1. The number of β-lactam (4-membered cyclic amide) rings is 2. The lowest BCUT2D eigenvalue weighted by molar-refractivity contribution is -0.196. The maximum Gasteiger partial charge on any atom is 0.333 e. The Morgan fingerprint density at radius 3 is 2.31 bits per heavy atom. The molecule has 3 amide bonds. The van der Waals surface area contributed by atoms with E-state index in [0.29, 0.717) is 5.56 Å². The molecule has 45 heavy (non-hydrogen) atoms. The summed E-state index contributed by atoms with van der Waals surface area (Å²) in [6.45, 7) is 7.68. The predicted molar refractivity (Wildman–Crippen MR) is 160 cm³/mol. The van der Waals surface area contributed by atoms with Crippen LogP contribution in [0.1, 0.15) is 52.6 Å². The number of nitrogens with one attached hydrogen (secondary N) is 1. The molecule has 4 heterocycles. The first-order chi connectivity index (χ1) is 21.2. The Bertz CT molecular complexity index is 1490. The maximum absolute atomic E-state index is 13.4. The van der Waals surface area contributed by atoms with Gasteiger partial charge in [0.1, 0.15) is 36.1 Å². The molecular weight excluding hydrogens is 628 g/mol. The van der Waals surface area contributed by atoms with Gasteiger partial charge < -0.3 is 29.3 Å². The van der Waals surface area contributed by atoms with Gasteiger partial charge in [0.25, 0.3) is 0 Å². The highest BCUT2D eigenvalue weighted by molar-refractivity contribution is 8.02. The van der Waals surface area contributed by atoms with Crippen LogP contribution >= 0.6 is 23.5 Å². The summed E-state index contributed by atoms with van der Waals surface area (Å²) in [6.07, 6.45) is -1.13. The van der Waals surface area contributed by atoms with Crippen LogP contribution in [0, 0.1) is 0 Å². The lowest BCUT2D eigenvalue weighted by Gasteiger charge is -2.44. The van der Waals surface area contributed by atoms with Gasteiger partial charge in [0.2, 0.25) is 24.0 Å². The van der Waals surface area contributed by atoms with Crippen molar-refractivity contribution in [1.29, 1.82) is 0 Å². The van der Waals surface area contributed by atoms with E-state index in [2.05, 4.69) is 15.3 Å². The first-order valence-electron chi connectivity index (χ1n) is 14.1. The number of hydrogen-bond acceptors (Lipinski definition) is 12. The molecule has 0 radical (unpaired) electrons. The van der Waals surface area contributed by atoms with Crippen LogP contribution in [0.3, 0.4) is 0 Å². The molecule has 15 nitrogen and oxygen atoms in total. The Morgan fingerprint density at radius 1 is 1.07 bits per heavy atom. The van der Waals surface area contributed by atoms with E-state index in [1.54, 1.807) is 51.1 Å². The molecule has 1 aromatic carbocycles. The van der Waals surface area contributed by atoms with Crippen molar-refractivity contribution in [3.05, 3.63) is 46.3 Å². The average molecular weight is 661 g/mol. The van der Waals surface area contributed by atoms with Crippen molar-refractivity contribution in [2.45, 2.75) is 91.7 Å². The van der Waals surface area contributed by atoms with E-state index in [-0.39, 0.29) is 24.3 Å². The SMILES string of the molecule is CC(=O)OC[C@]1(C)S[C@H]2CC(=O)N2[C@H]1C(=O)OC(C)OC(=O)[C@@H]1N2C(=O)[C@@H](NC(=O)C(N=[N+]=[N-])c3ccccc3)[C@H]2SC1(C)C. The zero-order chi connectivity index (χ0) is 32.8. The van der Waals surface area contributed by atoms with Gasteiger partial charge in [-0.1, -0.05) is 35.4 Å². The predicted octanol–water partition coefficient (Wildman–Crippen LogP) is 2.01. The highest BCUT2D eigenvalue weighted by atomic mass is 32.2. The van der Waals surface area contributed by atoms with Gasteiger partial charge in [-0.3, -0.25) is 19.2 Å². The Balaban J connectivity index is 1.22. The topological polar surface area (TPSA) is 197 Å². The largest absolute Gasteiger partial charge is 0.464 e. The summed E-state index contributed by atoms with van der Waals surface area (Å²) in [6, 6.07) is 4.11. The van der Waals surface area contributed by atoms with E-state index in [4.69, 9.17) is 19.7 Å². The van der Waals surface area contributed by atoms with Crippen LogP contribution in [0.5, 0.6) is 0 Å². The number of ether oxygens (including phenoxy) is 3. The van der Waals surface area contributed by atoms with Crippen LogP contribution in [-0.2, 0) is 43.0 Å². The summed E-state index contributed by atoms with van der Waals surface area (Å²) in [5, 5.41) is 5.39. The highest BCUT2D eigenvalue weighted by Gasteiger charge is 2.65. The van der Waals surface area contributed by atoms with Gasteiger partial charge >= 0.3 is 17.9 Å². The minimum absolute atomic E-state index is 0.125. The fourth-order valence-electron chi connectivity index (χ4n) is 6.00. The molecule has 0 bridgehead atoms. The van der Waals surface area contributed by atoms with Gasteiger partial charge in [-0.05, 0) is 31.9 Å². The second-order valence-electron chi connectivity index (χ2n) is 11.8. The second kappa shape index (κ2) is 12.1. The van der Waals surface area contributed by atoms with Crippen molar-refractivity contribution in [2.24, 2.45) is 5.11 Å². The summed E-state index contributed by atoms with van der Waals surface area (Å²) in [4.78, 5) is 82.3. The van der Waals surface area contributed by atoms with Gasteiger partial charge in [0, 0.05) is 23.5 Å². The minimum atomic E-state index is -1.37. The summed E-state index contributed by atoms with van der Waals surface area (Å²) in [5.41, 5.74) is 9.45. The molecular formula is C28H32N6O9S2. The number of thioether (sulfide) groups is 2. The van der Waals surface area contributed by atoms with E-state index in [0.717, 1.165) is 0 Å². The molecule has 0 aromatic heterocycles. The van der Waals surface area contributed by atoms with Gasteiger partial charge in [0.05, 0.1) is 16.5 Å². The van der Waals surface area contributed by atoms with Crippen molar-refractivity contribution in [1.82, 2.24) is 15.1 Å². The molecule has 4 fully saturated rings. The zero-order valence-corrected chi connectivity index (χ0v) is 26.7. The summed E-state index contributed by atoms with van der Waals surface area (Å²) in [7, 11) is 0. The van der Waals surface area contributed by atoms with Gasteiger partial charge in [-0.15, -0.1) is 23.5 Å². The summed E-state index contributed by atoms with van der Waals surface area (Å²) < 4.78 is 14.3. The van der Waals surface area contributed by atoms with E-state index < -0.39 is 75.0 Å². The Hall–Kier alpha value is -3.95. The number of benzene rings is 1. The fraction of sp³-hybridized carbons (Fsp3) is 0.571. The first-order valence-corrected chi connectivity index (χ1v) is 15.9. The third-order valence-corrected chi connectivity index (χ3v) is 11.2. The normalized spacial score (nSPS) is 30.4. The molecule has 0 aliphatic carbocycles. The molecule has 2 unspecified atom stereocenters. The average Bonchev–Trinajstić information content (AvgIpc) is 3.37. The lowest BCUT2D eigenvalue weighted by atomic mass is 9.95. The quantitative estimate of drug-likeness (QED) is 0.0962. The van der Waals surface area contributed by atoms with Crippen molar-refractivity contribution in [2.75, 3.05) is 6.61 Å². The third-order valence-electron chi connectivity index (χ3n) is 8.05. The van der Waals surface area contributed by atoms with Crippen LogP contribution in [0.15, 0.2) is 35.4 Å². The number of esters is 3. The van der Waals surface area contributed by atoms with Crippen LogP contribution < -0.4 is 5.32 Å². The molecule has 4 saturated heterocycles. The molecule has 5 rings (SSSR count). The molecule has 0 spiro atoms. The highest BCUT2D eigenvalue weighted by Crippen LogP contribution is 2.52. The first kappa shape index (κ1) is 32.4. The number of rotatable bonds is 10. The van der Waals surface area contributed by atoms with Gasteiger partial charge in [0.15, 0.2) is 0 Å². The number of fused-ring (bicyclic) bond motifs is 2. The Kier molecular flexibility index (Phi) is 8.72. The zero-order valence-electron chi connectivity index (χ0n) is 25.1. The number of nitrogens with zero attached hydrogens (tertiary/aromatic N) is 5. The van der Waals surface area contributed by atoms with E-state index in [1.165, 1.54) is 47.2 Å². The van der Waals surface area contributed by atoms with Crippen molar-refractivity contribution in [3.8, 4) is 0 Å². The molecule has 240 valence electrons. The molecule has 4 aliphatic heterocycles. The fourth-order valence-corrected chi connectivity index (χ4v) is 9.28. The molecule has 4 aliphatic rings. The van der Waals surface area contributed by atoms with Crippen molar-refractivity contribution < 1.29 is 43.0 Å². The number of amides is 3. The van der Waals surface area contributed by atoms with Crippen molar-refractivity contribution >= 4 is 59.2 Å². The van der Waals surface area contributed by atoms with Crippen LogP contribution in [-0.4, -0.2) is 96.7 Å². The van der Waals surface area contributed by atoms with Crippen LogP contribution in [0.2, 0.25) is 0 Å². The van der Waals surface area contributed by atoms with Gasteiger partial charge in [-0.25, -0.2) is 9.59 Å². The van der Waals surface area contributed by atoms with Gasteiger partial charge in [-0.2, -0.15) is 0 Å². The van der Waals surface area contributed by atoms with Crippen LogP contribution in [0.4, 0.5) is 0 Å². The minimum Gasteiger partial charge on any atom is -0.464 e. The molecule has 17 heteroatoms. The Labute approximate surface area is 266 Å². The Morgan fingerprint density at radius 2 is 1.71 bits per heavy atom. The standard InChI is InChI=1S/C28H32N6O9S2/c1-13(35)41-12-28(5)21(33-16(36)11-17(33)44-28)26(40)43-14(2)42-25(39)20-27(3,4)45-24-19(23(38)34(20)24)30-22(37)18(31-32-29)15-9-7-6-8-10-15/h6-10,14,17-21,24H,11-12H2,1-5H3,(H,30,37)/t14?,17-,18?,19+,20-,21-,24+,28-/m0/s1. The second-order valence-corrected chi connectivity index (χ2v) is 15.3. The smallest absolute Gasteiger partial charge is 0.333 e. The molecule has 1 N–H and O–H groups in total. The van der Waals surface area contributed by atoms with Crippen molar-refractivity contribution in [3.63, 3.8) is 0 Å².